The lowest BCUT2D eigenvalue weighted by Crippen LogP contribution is -2.46. The highest BCUT2D eigenvalue weighted by molar-refractivity contribution is 6.10. The first kappa shape index (κ1) is 19.4. The molecule has 1 aromatic rings. The third kappa shape index (κ3) is 3.84. The molecule has 0 bridgehead atoms. The Morgan fingerprint density at radius 2 is 1.88 bits per heavy atom. The van der Waals surface area contributed by atoms with Crippen LogP contribution in [0.3, 0.4) is 0 Å². The van der Waals surface area contributed by atoms with E-state index in [2.05, 4.69) is 10.6 Å². The van der Waals surface area contributed by atoms with Crippen molar-refractivity contribution in [3.8, 4) is 0 Å². The van der Waals surface area contributed by atoms with E-state index in [0.29, 0.717) is 24.1 Å². The molecule has 1 saturated heterocycles. The molecule has 0 atom stereocenters. The van der Waals surface area contributed by atoms with Crippen molar-refractivity contribution in [3.63, 3.8) is 0 Å². The number of rotatable bonds is 7. The molecule has 0 aromatic heterocycles. The fourth-order valence-electron chi connectivity index (χ4n) is 2.83. The smallest absolute Gasteiger partial charge is 0.338 e. The van der Waals surface area contributed by atoms with Crippen LogP contribution >= 0.6 is 0 Å². The summed E-state index contributed by atoms with van der Waals surface area (Å²) in [6, 6.07) is 5.68. The Hall–Kier alpha value is -2.90. The fraction of sp³-hybridized carbons (Fsp3) is 0.444. The number of carbonyl (C=O) groups excluding carboxylic acids is 4. The summed E-state index contributed by atoms with van der Waals surface area (Å²) in [5.74, 6) is -1.42. The van der Waals surface area contributed by atoms with Crippen molar-refractivity contribution in [1.29, 1.82) is 0 Å². The summed E-state index contributed by atoms with van der Waals surface area (Å²) in [6.07, 6.45) is 0.904. The number of ether oxygens (including phenoxy) is 1. The summed E-state index contributed by atoms with van der Waals surface area (Å²) in [6.45, 7) is 5.18. The van der Waals surface area contributed by atoms with Gasteiger partial charge in [-0.2, -0.15) is 0 Å². The molecule has 1 fully saturated rings. The maximum atomic E-state index is 12.5. The molecule has 1 aliphatic rings. The third-order valence-electron chi connectivity index (χ3n) is 4.41. The van der Waals surface area contributed by atoms with Crippen LogP contribution in [0.2, 0.25) is 0 Å². The average Bonchev–Trinajstić information content (AvgIpc) is 2.86. The van der Waals surface area contributed by atoms with Crippen LogP contribution in [0.15, 0.2) is 24.3 Å². The number of amides is 4. The van der Waals surface area contributed by atoms with Gasteiger partial charge in [0.05, 0.1) is 12.2 Å². The Morgan fingerprint density at radius 1 is 1.19 bits per heavy atom. The highest BCUT2D eigenvalue weighted by atomic mass is 16.5. The van der Waals surface area contributed by atoms with Crippen molar-refractivity contribution in [2.45, 2.75) is 39.2 Å². The normalized spacial score (nSPS) is 15.6. The number of benzene rings is 1. The van der Waals surface area contributed by atoms with Crippen LogP contribution in [0, 0.1) is 0 Å². The first-order valence-corrected chi connectivity index (χ1v) is 8.58. The molecule has 2 N–H and O–H groups in total. The van der Waals surface area contributed by atoms with Gasteiger partial charge in [0, 0.05) is 5.69 Å². The molecule has 0 aliphatic carbocycles. The van der Waals surface area contributed by atoms with Crippen molar-refractivity contribution in [2.75, 3.05) is 18.5 Å². The van der Waals surface area contributed by atoms with Crippen LogP contribution in [-0.4, -0.2) is 47.4 Å². The topological polar surface area (TPSA) is 105 Å². The number of anilines is 1. The van der Waals surface area contributed by atoms with E-state index in [0.717, 1.165) is 4.90 Å². The summed E-state index contributed by atoms with van der Waals surface area (Å²) in [7, 11) is 0. The maximum absolute atomic E-state index is 12.5. The zero-order valence-corrected chi connectivity index (χ0v) is 15.1. The summed E-state index contributed by atoms with van der Waals surface area (Å²) in [5, 5.41) is 5.26. The van der Waals surface area contributed by atoms with E-state index in [1.165, 1.54) is 6.07 Å². The Balaban J connectivity index is 2.05. The maximum Gasteiger partial charge on any atom is 0.338 e. The van der Waals surface area contributed by atoms with E-state index < -0.39 is 35.9 Å². The zero-order valence-electron chi connectivity index (χ0n) is 15.1. The second-order valence-corrected chi connectivity index (χ2v) is 5.96. The molecule has 4 amide bonds. The molecule has 0 saturated carbocycles. The van der Waals surface area contributed by atoms with E-state index >= 15 is 0 Å². The number of imide groups is 1. The molecule has 1 aromatic carbocycles. The van der Waals surface area contributed by atoms with Gasteiger partial charge in [0.2, 0.25) is 5.91 Å². The zero-order chi connectivity index (χ0) is 19.3. The molecule has 1 heterocycles. The Bertz CT molecular complexity index is 727. The lowest BCUT2D eigenvalue weighted by molar-refractivity contribution is -0.134. The predicted octanol–water partition coefficient (Wildman–Crippen LogP) is 1.91. The molecule has 8 heteroatoms. The quantitative estimate of drug-likeness (QED) is 0.570. The van der Waals surface area contributed by atoms with Gasteiger partial charge in [-0.05, 0) is 38.0 Å². The second-order valence-electron chi connectivity index (χ2n) is 5.96. The highest BCUT2D eigenvalue weighted by Crippen LogP contribution is 2.24. The van der Waals surface area contributed by atoms with Gasteiger partial charge in [-0.3, -0.25) is 14.5 Å². The Kier molecular flexibility index (Phi) is 5.97. The molecular weight excluding hydrogens is 338 g/mol. The largest absolute Gasteiger partial charge is 0.462 e. The van der Waals surface area contributed by atoms with E-state index in [1.54, 1.807) is 25.1 Å². The van der Waals surface area contributed by atoms with Crippen molar-refractivity contribution in [2.24, 2.45) is 0 Å². The number of hydrogen-bond donors (Lipinski definition) is 2. The minimum Gasteiger partial charge on any atom is -0.462 e. The molecule has 26 heavy (non-hydrogen) atoms. The van der Waals surface area contributed by atoms with Crippen molar-refractivity contribution >= 4 is 29.5 Å². The van der Waals surface area contributed by atoms with Crippen LogP contribution in [0.4, 0.5) is 10.5 Å². The number of urea groups is 1. The van der Waals surface area contributed by atoms with Crippen LogP contribution < -0.4 is 10.6 Å². The molecule has 140 valence electrons. The minimum atomic E-state index is -0.943. The molecule has 1 aliphatic heterocycles. The van der Waals surface area contributed by atoms with E-state index in [1.807, 2.05) is 13.8 Å². The van der Waals surface area contributed by atoms with Crippen LogP contribution in [-0.2, 0) is 14.3 Å². The standard InChI is InChI=1S/C18H23N3O5/c1-4-18(5-2)16(24)21(17(25)20-18)11-14(22)19-13-9-7-8-12(10-13)15(23)26-6-3/h7-10H,4-6,11H2,1-3H3,(H,19,22)(H,20,25). The molecule has 0 unspecified atom stereocenters. The number of nitrogens with one attached hydrogen (secondary N) is 2. The number of carbonyl (C=O) groups is 4. The molecule has 8 nitrogen and oxygen atoms in total. The molecule has 0 radical (unpaired) electrons. The lowest BCUT2D eigenvalue weighted by atomic mass is 9.93. The number of nitrogens with zero attached hydrogens (tertiary/aromatic N) is 1. The van der Waals surface area contributed by atoms with Gasteiger partial charge in [0.1, 0.15) is 12.1 Å². The summed E-state index contributed by atoms with van der Waals surface area (Å²) < 4.78 is 4.91. The number of esters is 1. The van der Waals surface area contributed by atoms with Gasteiger partial charge >= 0.3 is 12.0 Å². The highest BCUT2D eigenvalue weighted by Gasteiger charge is 2.49. The van der Waals surface area contributed by atoms with Gasteiger partial charge < -0.3 is 15.4 Å². The Morgan fingerprint density at radius 3 is 2.46 bits per heavy atom. The number of hydrogen-bond acceptors (Lipinski definition) is 5. The Labute approximate surface area is 151 Å². The van der Waals surface area contributed by atoms with Gasteiger partial charge in [0.25, 0.3) is 5.91 Å². The van der Waals surface area contributed by atoms with E-state index in [9.17, 15) is 19.2 Å². The lowest BCUT2D eigenvalue weighted by Gasteiger charge is -2.23. The third-order valence-corrected chi connectivity index (χ3v) is 4.41. The summed E-state index contributed by atoms with van der Waals surface area (Å²) >= 11 is 0. The molecule has 0 spiro atoms. The van der Waals surface area contributed by atoms with E-state index in [-0.39, 0.29) is 6.61 Å². The average molecular weight is 361 g/mol. The van der Waals surface area contributed by atoms with Crippen molar-refractivity contribution in [3.05, 3.63) is 29.8 Å². The molecule has 2 rings (SSSR count). The van der Waals surface area contributed by atoms with Crippen LogP contribution in [0.25, 0.3) is 0 Å². The summed E-state index contributed by atoms with van der Waals surface area (Å²) in [4.78, 5) is 49.5. The minimum absolute atomic E-state index is 0.248. The fourth-order valence-corrected chi connectivity index (χ4v) is 2.83. The monoisotopic (exact) mass is 361 g/mol. The predicted molar refractivity (Wildman–Crippen MR) is 94.6 cm³/mol. The SMILES string of the molecule is CCOC(=O)c1cccc(NC(=O)CN2C(=O)NC(CC)(CC)C2=O)c1. The van der Waals surface area contributed by atoms with Gasteiger partial charge in [-0.1, -0.05) is 19.9 Å². The summed E-state index contributed by atoms with van der Waals surface area (Å²) in [5.41, 5.74) is -0.262. The first-order valence-electron chi connectivity index (χ1n) is 8.58. The van der Waals surface area contributed by atoms with Gasteiger partial charge in [-0.25, -0.2) is 9.59 Å². The van der Waals surface area contributed by atoms with E-state index in [4.69, 9.17) is 4.74 Å². The molecular formula is C18H23N3O5. The second kappa shape index (κ2) is 7.99. The van der Waals surface area contributed by atoms with Gasteiger partial charge in [-0.15, -0.1) is 0 Å². The first-order chi connectivity index (χ1) is 12.4. The van der Waals surface area contributed by atoms with Crippen molar-refractivity contribution in [1.82, 2.24) is 10.2 Å². The van der Waals surface area contributed by atoms with Crippen LogP contribution in [0.1, 0.15) is 44.0 Å². The van der Waals surface area contributed by atoms with Crippen molar-refractivity contribution < 1.29 is 23.9 Å². The van der Waals surface area contributed by atoms with Crippen LogP contribution in [0.5, 0.6) is 0 Å². The van der Waals surface area contributed by atoms with Gasteiger partial charge in [0.15, 0.2) is 0 Å².